The quantitative estimate of drug-likeness (QED) is 0.914. The molecule has 1 aromatic rings. The van der Waals surface area contributed by atoms with Gasteiger partial charge in [-0.3, -0.25) is 4.79 Å². The first-order valence-electron chi connectivity index (χ1n) is 7.44. The number of amides is 1. The molecule has 1 saturated carbocycles. The Kier molecular flexibility index (Phi) is 3.70. The number of rotatable bonds is 4. The molecule has 1 atom stereocenters. The third-order valence-electron chi connectivity index (χ3n) is 4.24. The van der Waals surface area contributed by atoms with Gasteiger partial charge in [-0.05, 0) is 37.7 Å². The zero-order valence-corrected chi connectivity index (χ0v) is 12.0. The number of piperidine rings is 1. The molecule has 2 heterocycles. The average molecular weight is 277 g/mol. The van der Waals surface area contributed by atoms with Crippen LogP contribution in [0.4, 0.5) is 5.69 Å². The summed E-state index contributed by atoms with van der Waals surface area (Å²) in [7, 11) is 1.72. The number of carbonyl (C=O) groups is 1. The molecule has 5 nitrogen and oxygen atoms in total. The van der Waals surface area contributed by atoms with E-state index in [-0.39, 0.29) is 5.91 Å². The average Bonchev–Trinajstić information content (AvgIpc) is 3.21. The van der Waals surface area contributed by atoms with Crippen LogP contribution >= 0.6 is 0 Å². The molecule has 0 aromatic carbocycles. The number of nitrogens with two attached hydrogens (primary N) is 1. The topological polar surface area (TPSA) is 60.5 Å². The molecule has 0 radical (unpaired) electrons. The van der Waals surface area contributed by atoms with Crippen molar-refractivity contribution < 1.29 is 9.53 Å². The molecule has 1 unspecified atom stereocenters. The van der Waals surface area contributed by atoms with Gasteiger partial charge in [0.15, 0.2) is 0 Å². The molecule has 3 rings (SSSR count). The molecule has 0 spiro atoms. The number of carbonyl (C=O) groups excluding carboxylic acids is 1. The Morgan fingerprint density at radius 1 is 1.45 bits per heavy atom. The summed E-state index contributed by atoms with van der Waals surface area (Å²) in [6.45, 7) is 2.37. The van der Waals surface area contributed by atoms with Gasteiger partial charge in [0.1, 0.15) is 5.69 Å². The Morgan fingerprint density at radius 2 is 2.25 bits per heavy atom. The molecule has 1 amide bonds. The van der Waals surface area contributed by atoms with Crippen molar-refractivity contribution in [3.8, 4) is 0 Å². The highest BCUT2D eigenvalue weighted by Crippen LogP contribution is 2.37. The Bertz CT molecular complexity index is 491. The largest absolute Gasteiger partial charge is 0.397 e. The maximum atomic E-state index is 12.7. The van der Waals surface area contributed by atoms with Gasteiger partial charge in [-0.2, -0.15) is 0 Å². The normalized spacial score (nSPS) is 23.1. The second-order valence-electron chi connectivity index (χ2n) is 6.01. The van der Waals surface area contributed by atoms with Gasteiger partial charge in [0.05, 0.1) is 12.3 Å². The highest BCUT2D eigenvalue weighted by atomic mass is 16.5. The first-order chi connectivity index (χ1) is 9.69. The number of hydrogen-bond donors (Lipinski definition) is 1. The standard InChI is InChI=1S/C15H23N3O2/c1-20-10-11-3-2-6-17(8-11)15(19)14-7-12(16)9-18(14)13-4-5-13/h7,9,11,13H,2-6,8,10,16H2,1H3. The number of nitrogen functional groups attached to an aromatic ring is 1. The van der Waals surface area contributed by atoms with Gasteiger partial charge < -0.3 is 19.9 Å². The monoisotopic (exact) mass is 277 g/mol. The molecular formula is C15H23N3O2. The summed E-state index contributed by atoms with van der Waals surface area (Å²) in [4.78, 5) is 14.7. The number of methoxy groups -OCH3 is 1. The van der Waals surface area contributed by atoms with Crippen molar-refractivity contribution >= 4 is 11.6 Å². The van der Waals surface area contributed by atoms with Crippen LogP contribution < -0.4 is 5.73 Å². The summed E-state index contributed by atoms with van der Waals surface area (Å²) in [5.74, 6) is 0.578. The van der Waals surface area contributed by atoms with E-state index in [2.05, 4.69) is 4.57 Å². The number of hydrogen-bond acceptors (Lipinski definition) is 3. The van der Waals surface area contributed by atoms with Crippen LogP contribution in [0.15, 0.2) is 12.3 Å². The van der Waals surface area contributed by atoms with Crippen LogP contribution in [0.3, 0.4) is 0 Å². The third-order valence-corrected chi connectivity index (χ3v) is 4.24. The van der Waals surface area contributed by atoms with Gasteiger partial charge in [-0.25, -0.2) is 0 Å². The van der Waals surface area contributed by atoms with Crippen molar-refractivity contribution in [2.75, 3.05) is 32.5 Å². The second-order valence-corrected chi connectivity index (χ2v) is 6.01. The fourth-order valence-electron chi connectivity index (χ4n) is 3.11. The molecule has 1 aromatic heterocycles. The first-order valence-corrected chi connectivity index (χ1v) is 7.44. The third kappa shape index (κ3) is 2.68. The predicted octanol–water partition coefficient (Wildman–Crippen LogP) is 1.90. The summed E-state index contributed by atoms with van der Waals surface area (Å²) < 4.78 is 7.30. The van der Waals surface area contributed by atoms with Crippen LogP contribution in [0.5, 0.6) is 0 Å². The summed E-state index contributed by atoms with van der Waals surface area (Å²) >= 11 is 0. The van der Waals surface area contributed by atoms with Crippen molar-refractivity contribution in [2.45, 2.75) is 31.7 Å². The fourth-order valence-corrected chi connectivity index (χ4v) is 3.11. The molecule has 20 heavy (non-hydrogen) atoms. The Balaban J connectivity index is 1.74. The minimum Gasteiger partial charge on any atom is -0.397 e. The summed E-state index contributed by atoms with van der Waals surface area (Å²) in [6, 6.07) is 2.30. The van der Waals surface area contributed by atoms with Gasteiger partial charge in [-0.1, -0.05) is 0 Å². The van der Waals surface area contributed by atoms with E-state index in [1.165, 1.54) is 0 Å². The van der Waals surface area contributed by atoms with E-state index in [0.717, 1.165) is 51.1 Å². The molecule has 1 aliphatic carbocycles. The highest BCUT2D eigenvalue weighted by molar-refractivity contribution is 5.94. The molecule has 1 saturated heterocycles. The van der Waals surface area contributed by atoms with Crippen LogP contribution in [0, 0.1) is 5.92 Å². The summed E-state index contributed by atoms with van der Waals surface area (Å²) in [6.07, 6.45) is 6.41. The molecule has 2 aliphatic rings. The van der Waals surface area contributed by atoms with Crippen LogP contribution in [-0.4, -0.2) is 42.2 Å². The lowest BCUT2D eigenvalue weighted by Crippen LogP contribution is -2.41. The first kappa shape index (κ1) is 13.5. The Morgan fingerprint density at radius 3 is 2.95 bits per heavy atom. The van der Waals surface area contributed by atoms with Gasteiger partial charge in [0.2, 0.25) is 0 Å². The van der Waals surface area contributed by atoms with Gasteiger partial charge in [0.25, 0.3) is 5.91 Å². The minimum absolute atomic E-state index is 0.120. The van der Waals surface area contributed by atoms with Gasteiger partial charge in [0, 0.05) is 32.4 Å². The molecule has 2 N–H and O–H groups in total. The van der Waals surface area contributed by atoms with Crippen LogP contribution in [0.1, 0.15) is 42.2 Å². The lowest BCUT2D eigenvalue weighted by molar-refractivity contribution is 0.0561. The van der Waals surface area contributed by atoms with Crippen molar-refractivity contribution in [2.24, 2.45) is 5.92 Å². The number of aromatic nitrogens is 1. The van der Waals surface area contributed by atoms with Crippen LogP contribution in [-0.2, 0) is 4.74 Å². The number of anilines is 1. The van der Waals surface area contributed by atoms with Crippen molar-refractivity contribution in [3.63, 3.8) is 0 Å². The number of likely N-dealkylation sites (tertiary alicyclic amines) is 1. The second kappa shape index (κ2) is 5.48. The van der Waals surface area contributed by atoms with E-state index < -0.39 is 0 Å². The van der Waals surface area contributed by atoms with Crippen molar-refractivity contribution in [1.29, 1.82) is 0 Å². The molecule has 0 bridgehead atoms. The lowest BCUT2D eigenvalue weighted by atomic mass is 9.99. The summed E-state index contributed by atoms with van der Waals surface area (Å²) in [5.41, 5.74) is 7.31. The highest BCUT2D eigenvalue weighted by Gasteiger charge is 2.31. The fraction of sp³-hybridized carbons (Fsp3) is 0.667. The van der Waals surface area contributed by atoms with Gasteiger partial charge in [-0.15, -0.1) is 0 Å². The zero-order valence-electron chi connectivity index (χ0n) is 12.0. The molecule has 1 aliphatic heterocycles. The minimum atomic E-state index is 0.120. The maximum absolute atomic E-state index is 12.7. The summed E-state index contributed by atoms with van der Waals surface area (Å²) in [5, 5.41) is 0. The molecule has 5 heteroatoms. The molecule has 2 fully saturated rings. The van der Waals surface area contributed by atoms with E-state index in [0.29, 0.717) is 17.6 Å². The number of nitrogens with zero attached hydrogens (tertiary/aromatic N) is 2. The van der Waals surface area contributed by atoms with E-state index in [4.69, 9.17) is 10.5 Å². The van der Waals surface area contributed by atoms with E-state index in [1.54, 1.807) is 7.11 Å². The van der Waals surface area contributed by atoms with Gasteiger partial charge >= 0.3 is 0 Å². The predicted molar refractivity (Wildman–Crippen MR) is 77.6 cm³/mol. The van der Waals surface area contributed by atoms with Crippen LogP contribution in [0.2, 0.25) is 0 Å². The molecule has 110 valence electrons. The van der Waals surface area contributed by atoms with Crippen molar-refractivity contribution in [3.05, 3.63) is 18.0 Å². The van der Waals surface area contributed by atoms with E-state index >= 15 is 0 Å². The molecular weight excluding hydrogens is 254 g/mol. The maximum Gasteiger partial charge on any atom is 0.270 e. The Labute approximate surface area is 119 Å². The van der Waals surface area contributed by atoms with E-state index in [1.807, 2.05) is 17.2 Å². The van der Waals surface area contributed by atoms with E-state index in [9.17, 15) is 4.79 Å². The SMILES string of the molecule is COCC1CCCN(C(=O)c2cc(N)cn2C2CC2)C1. The zero-order chi connectivity index (χ0) is 14.1. The Hall–Kier alpha value is -1.49. The van der Waals surface area contributed by atoms with Crippen molar-refractivity contribution in [1.82, 2.24) is 9.47 Å². The smallest absolute Gasteiger partial charge is 0.270 e. The lowest BCUT2D eigenvalue weighted by Gasteiger charge is -2.32. The number of ether oxygens (including phenoxy) is 1. The van der Waals surface area contributed by atoms with Crippen LogP contribution in [0.25, 0.3) is 0 Å².